The first-order valence-electron chi connectivity index (χ1n) is 6.66. The van der Waals surface area contributed by atoms with Crippen molar-refractivity contribution < 1.29 is 5.11 Å². The number of aliphatic hydroxyl groups excluding tert-OH is 1. The summed E-state index contributed by atoms with van der Waals surface area (Å²) < 4.78 is 0. The maximum Gasteiger partial charge on any atom is 0.0490 e. The van der Waals surface area contributed by atoms with E-state index in [2.05, 4.69) is 45.0 Å². The molecule has 2 rings (SSSR count). The Morgan fingerprint density at radius 3 is 2.06 bits per heavy atom. The van der Waals surface area contributed by atoms with Crippen molar-refractivity contribution in [1.29, 1.82) is 0 Å². The Kier molecular flexibility index (Phi) is 3.31. The number of benzene rings is 1. The van der Waals surface area contributed by atoms with Crippen LogP contribution in [0.1, 0.15) is 51.2 Å². The predicted molar refractivity (Wildman–Crippen MR) is 72.2 cm³/mol. The first kappa shape index (κ1) is 12.6. The molecule has 0 aliphatic heterocycles. The molecule has 1 aromatic carbocycles. The van der Waals surface area contributed by atoms with Crippen LogP contribution in [0.25, 0.3) is 0 Å². The highest BCUT2D eigenvalue weighted by atomic mass is 16.3. The van der Waals surface area contributed by atoms with Crippen molar-refractivity contribution >= 4 is 0 Å². The van der Waals surface area contributed by atoms with Gasteiger partial charge < -0.3 is 5.11 Å². The van der Waals surface area contributed by atoms with E-state index in [0.29, 0.717) is 6.61 Å². The molecular weight excluding hydrogens is 208 g/mol. The lowest BCUT2D eigenvalue weighted by molar-refractivity contribution is 0.0450. The van der Waals surface area contributed by atoms with E-state index in [0.717, 1.165) is 6.42 Å². The second-order valence-electron chi connectivity index (χ2n) is 6.64. The lowest BCUT2D eigenvalue weighted by Gasteiger charge is -2.40. The van der Waals surface area contributed by atoms with E-state index in [1.54, 1.807) is 0 Å². The monoisotopic (exact) mass is 232 g/mol. The molecule has 1 saturated carbocycles. The number of hydrogen-bond donors (Lipinski definition) is 1. The van der Waals surface area contributed by atoms with Gasteiger partial charge in [-0.1, -0.05) is 51.5 Å². The zero-order valence-electron chi connectivity index (χ0n) is 11.3. The fourth-order valence-corrected chi connectivity index (χ4v) is 2.62. The van der Waals surface area contributed by atoms with Crippen molar-refractivity contribution in [2.75, 3.05) is 6.61 Å². The highest BCUT2D eigenvalue weighted by Gasteiger charge is 2.36. The standard InChI is InChI=1S/C16H24O/c1-15(2,3)14-7-5-13(6-8-14)11-16(12-17)9-4-10-16/h5-8,17H,4,9-12H2,1-3H3. The fourth-order valence-electron chi connectivity index (χ4n) is 2.62. The third-order valence-electron chi connectivity index (χ3n) is 4.15. The molecule has 1 N–H and O–H groups in total. The average Bonchev–Trinajstić information content (AvgIpc) is 2.23. The number of hydrogen-bond acceptors (Lipinski definition) is 1. The first-order valence-corrected chi connectivity index (χ1v) is 6.66. The SMILES string of the molecule is CC(C)(C)c1ccc(CC2(CO)CCC2)cc1. The van der Waals surface area contributed by atoms with E-state index in [1.165, 1.54) is 30.4 Å². The summed E-state index contributed by atoms with van der Waals surface area (Å²) in [6, 6.07) is 8.94. The Labute approximate surface area is 105 Å². The molecule has 0 unspecified atom stereocenters. The lowest BCUT2D eigenvalue weighted by Crippen LogP contribution is -2.35. The zero-order valence-corrected chi connectivity index (χ0v) is 11.3. The molecule has 1 aliphatic rings. The van der Waals surface area contributed by atoms with E-state index >= 15 is 0 Å². The number of rotatable bonds is 3. The molecule has 0 aromatic heterocycles. The molecule has 1 aliphatic carbocycles. The van der Waals surface area contributed by atoms with Crippen LogP contribution in [0.5, 0.6) is 0 Å². The summed E-state index contributed by atoms with van der Waals surface area (Å²) in [4.78, 5) is 0. The lowest BCUT2D eigenvalue weighted by atomic mass is 9.66. The van der Waals surface area contributed by atoms with E-state index < -0.39 is 0 Å². The Morgan fingerprint density at radius 1 is 1.12 bits per heavy atom. The quantitative estimate of drug-likeness (QED) is 0.842. The molecule has 0 heterocycles. The third-order valence-corrected chi connectivity index (χ3v) is 4.15. The Bertz CT molecular complexity index is 360. The van der Waals surface area contributed by atoms with Gasteiger partial charge >= 0.3 is 0 Å². The van der Waals surface area contributed by atoms with Gasteiger partial charge in [0.15, 0.2) is 0 Å². The maximum atomic E-state index is 9.48. The van der Waals surface area contributed by atoms with Gasteiger partial charge in [0, 0.05) is 6.61 Å². The van der Waals surface area contributed by atoms with Gasteiger partial charge in [-0.3, -0.25) is 0 Å². The molecule has 0 radical (unpaired) electrons. The third kappa shape index (κ3) is 2.71. The van der Waals surface area contributed by atoms with E-state index in [9.17, 15) is 5.11 Å². The van der Waals surface area contributed by atoms with Crippen molar-refractivity contribution in [3.8, 4) is 0 Å². The summed E-state index contributed by atoms with van der Waals surface area (Å²) in [5.41, 5.74) is 3.17. The van der Waals surface area contributed by atoms with Crippen molar-refractivity contribution in [3.63, 3.8) is 0 Å². The van der Waals surface area contributed by atoms with Gasteiger partial charge in [-0.05, 0) is 41.2 Å². The fraction of sp³-hybridized carbons (Fsp3) is 0.625. The van der Waals surface area contributed by atoms with Crippen LogP contribution in [0.15, 0.2) is 24.3 Å². The van der Waals surface area contributed by atoms with E-state index in [1.807, 2.05) is 0 Å². The molecule has 0 spiro atoms. The molecule has 0 amide bonds. The van der Waals surface area contributed by atoms with Crippen LogP contribution in [-0.4, -0.2) is 11.7 Å². The molecule has 1 heteroatoms. The summed E-state index contributed by atoms with van der Waals surface area (Å²) in [5.74, 6) is 0. The normalized spacial score (nSPS) is 18.8. The zero-order chi connectivity index (χ0) is 12.5. The molecule has 0 saturated heterocycles. The minimum atomic E-state index is 0.198. The first-order chi connectivity index (χ1) is 7.95. The highest BCUT2D eigenvalue weighted by Crippen LogP contribution is 2.43. The smallest absolute Gasteiger partial charge is 0.0490 e. The van der Waals surface area contributed by atoms with Gasteiger partial charge in [0.2, 0.25) is 0 Å². The van der Waals surface area contributed by atoms with Crippen LogP contribution >= 0.6 is 0 Å². The van der Waals surface area contributed by atoms with Gasteiger partial charge in [-0.2, -0.15) is 0 Å². The summed E-state index contributed by atoms with van der Waals surface area (Å²) >= 11 is 0. The van der Waals surface area contributed by atoms with Gasteiger partial charge in [0.25, 0.3) is 0 Å². The maximum absolute atomic E-state index is 9.48. The Hall–Kier alpha value is -0.820. The predicted octanol–water partition coefficient (Wildman–Crippen LogP) is 3.69. The Morgan fingerprint density at radius 2 is 1.71 bits per heavy atom. The summed E-state index contributed by atoms with van der Waals surface area (Å²) in [6.07, 6.45) is 4.68. The van der Waals surface area contributed by atoms with Crippen molar-refractivity contribution in [2.45, 2.75) is 51.9 Å². The van der Waals surface area contributed by atoms with Gasteiger partial charge in [0.05, 0.1) is 0 Å². The molecule has 1 fully saturated rings. The van der Waals surface area contributed by atoms with Crippen LogP contribution < -0.4 is 0 Å². The molecule has 1 aromatic rings. The van der Waals surface area contributed by atoms with Crippen molar-refractivity contribution in [1.82, 2.24) is 0 Å². The number of aliphatic hydroxyl groups is 1. The molecule has 94 valence electrons. The van der Waals surface area contributed by atoms with Gasteiger partial charge in [-0.25, -0.2) is 0 Å². The Balaban J connectivity index is 2.08. The van der Waals surface area contributed by atoms with E-state index in [4.69, 9.17) is 0 Å². The van der Waals surface area contributed by atoms with Crippen LogP contribution in [0.4, 0.5) is 0 Å². The van der Waals surface area contributed by atoms with Crippen LogP contribution in [0.3, 0.4) is 0 Å². The topological polar surface area (TPSA) is 20.2 Å². The van der Waals surface area contributed by atoms with Crippen LogP contribution in [0.2, 0.25) is 0 Å². The average molecular weight is 232 g/mol. The minimum absolute atomic E-state index is 0.198. The van der Waals surface area contributed by atoms with Crippen molar-refractivity contribution in [2.24, 2.45) is 5.41 Å². The van der Waals surface area contributed by atoms with E-state index in [-0.39, 0.29) is 10.8 Å². The summed E-state index contributed by atoms with van der Waals surface area (Å²) in [5, 5.41) is 9.48. The van der Waals surface area contributed by atoms with Gasteiger partial charge in [-0.15, -0.1) is 0 Å². The summed E-state index contributed by atoms with van der Waals surface area (Å²) in [7, 11) is 0. The van der Waals surface area contributed by atoms with Crippen LogP contribution in [-0.2, 0) is 11.8 Å². The molecule has 0 bridgehead atoms. The molecular formula is C16H24O. The molecule has 0 atom stereocenters. The largest absolute Gasteiger partial charge is 0.396 e. The van der Waals surface area contributed by atoms with Gasteiger partial charge in [0.1, 0.15) is 0 Å². The second-order valence-corrected chi connectivity index (χ2v) is 6.64. The van der Waals surface area contributed by atoms with Crippen LogP contribution in [0, 0.1) is 5.41 Å². The highest BCUT2D eigenvalue weighted by molar-refractivity contribution is 5.28. The second kappa shape index (κ2) is 4.45. The molecule has 17 heavy (non-hydrogen) atoms. The minimum Gasteiger partial charge on any atom is -0.396 e. The summed E-state index contributed by atoms with van der Waals surface area (Å²) in [6.45, 7) is 7.06. The van der Waals surface area contributed by atoms with Crippen molar-refractivity contribution in [3.05, 3.63) is 35.4 Å². The molecule has 1 nitrogen and oxygen atoms in total.